The topological polar surface area (TPSA) is 78.5 Å². The largest absolute Gasteiger partial charge is 0.416 e. The molecule has 1 saturated heterocycles. The molecule has 6 nitrogen and oxygen atoms in total. The second kappa shape index (κ2) is 9.46. The maximum Gasteiger partial charge on any atom is 0.416 e. The molecule has 10 heteroatoms. The van der Waals surface area contributed by atoms with Crippen LogP contribution < -0.4 is 10.0 Å². The Morgan fingerprint density at radius 1 is 1.19 bits per heavy atom. The third-order valence-corrected chi connectivity index (χ3v) is 6.91. The Hall–Kier alpha value is -1.65. The molecule has 0 bridgehead atoms. The van der Waals surface area contributed by atoms with Crippen LogP contribution in [0.5, 0.6) is 0 Å². The molecule has 2 fully saturated rings. The van der Waals surface area contributed by atoms with E-state index in [1.807, 2.05) is 6.92 Å². The van der Waals surface area contributed by atoms with Crippen LogP contribution in [0.4, 0.5) is 13.2 Å². The van der Waals surface area contributed by atoms with Gasteiger partial charge in [0.25, 0.3) is 0 Å². The summed E-state index contributed by atoms with van der Waals surface area (Å²) >= 11 is 0. The molecule has 0 aromatic heterocycles. The van der Waals surface area contributed by atoms with Crippen molar-refractivity contribution in [3.63, 3.8) is 0 Å². The Morgan fingerprint density at radius 3 is 2.45 bits per heavy atom. The summed E-state index contributed by atoms with van der Waals surface area (Å²) in [5.74, 6) is 0.394. The van der Waals surface area contributed by atoms with Crippen LogP contribution in [0.15, 0.2) is 24.3 Å². The van der Waals surface area contributed by atoms with Crippen molar-refractivity contribution in [1.82, 2.24) is 14.9 Å². The molecule has 174 valence electrons. The number of carbonyl (C=O) groups is 1. The normalized spacial score (nSPS) is 25.4. The lowest BCUT2D eigenvalue weighted by atomic mass is 9.97. The molecule has 31 heavy (non-hydrogen) atoms. The second-order valence-electron chi connectivity index (χ2n) is 8.74. The molecule has 0 spiro atoms. The second-order valence-corrected chi connectivity index (χ2v) is 10.5. The summed E-state index contributed by atoms with van der Waals surface area (Å²) in [6, 6.07) is 4.46. The third kappa shape index (κ3) is 6.43. The average Bonchev–Trinajstić information content (AvgIpc) is 3.21. The van der Waals surface area contributed by atoms with Crippen LogP contribution in [0.1, 0.15) is 43.7 Å². The molecule has 4 atom stereocenters. The number of carbonyl (C=O) groups excluding carboxylic acids is 1. The summed E-state index contributed by atoms with van der Waals surface area (Å²) in [5.41, 5.74) is 0.176. The number of halogens is 3. The maximum atomic E-state index is 12.7. The van der Waals surface area contributed by atoms with Gasteiger partial charge in [-0.15, -0.1) is 0 Å². The lowest BCUT2D eigenvalue weighted by Crippen LogP contribution is -2.50. The van der Waals surface area contributed by atoms with Gasteiger partial charge in [-0.2, -0.15) is 13.2 Å². The number of nitrogens with one attached hydrogen (secondary N) is 2. The molecule has 2 aliphatic rings. The van der Waals surface area contributed by atoms with Gasteiger partial charge in [0.1, 0.15) is 6.04 Å². The molecule has 0 unspecified atom stereocenters. The molecule has 3 rings (SSSR count). The molecule has 2 N–H and O–H groups in total. The van der Waals surface area contributed by atoms with Crippen LogP contribution in [-0.2, 0) is 27.5 Å². The van der Waals surface area contributed by atoms with Crippen LogP contribution in [-0.4, -0.2) is 50.7 Å². The first-order valence-electron chi connectivity index (χ1n) is 10.6. The van der Waals surface area contributed by atoms with E-state index in [9.17, 15) is 26.4 Å². The molecule has 0 radical (unpaired) electrons. The van der Waals surface area contributed by atoms with E-state index in [-0.39, 0.29) is 17.9 Å². The molecular formula is C21H30F3N3O3S. The predicted molar refractivity (Wildman–Crippen MR) is 112 cm³/mol. The van der Waals surface area contributed by atoms with Gasteiger partial charge in [-0.1, -0.05) is 25.5 Å². The van der Waals surface area contributed by atoms with Crippen LogP contribution in [0.3, 0.4) is 0 Å². The van der Waals surface area contributed by atoms with Gasteiger partial charge in [-0.3, -0.25) is 9.69 Å². The highest BCUT2D eigenvalue weighted by Gasteiger charge is 2.43. The van der Waals surface area contributed by atoms with Gasteiger partial charge in [0.2, 0.25) is 15.9 Å². The number of sulfonamides is 1. The summed E-state index contributed by atoms with van der Waals surface area (Å²) in [7, 11) is -3.49. The molecule has 1 aliphatic heterocycles. The lowest BCUT2D eigenvalue weighted by Gasteiger charge is -2.24. The van der Waals surface area contributed by atoms with E-state index in [0.29, 0.717) is 25.3 Å². The van der Waals surface area contributed by atoms with E-state index in [1.165, 1.54) is 12.1 Å². The summed E-state index contributed by atoms with van der Waals surface area (Å²) < 4.78 is 63.8. The van der Waals surface area contributed by atoms with Gasteiger partial charge < -0.3 is 5.32 Å². The molecule has 1 aromatic rings. The SMILES string of the molecule is CCC[C@H](NS(C)(=O)=O)C(=O)N[C@H]1CC[C@@H]2CN(Cc3ccc(C(F)(F)F)cc3)C[C@@H]21. The van der Waals surface area contributed by atoms with Crippen molar-refractivity contribution in [2.45, 2.75) is 57.4 Å². The fraction of sp³-hybridized carbons (Fsp3) is 0.667. The quantitative estimate of drug-likeness (QED) is 0.624. The van der Waals surface area contributed by atoms with Crippen molar-refractivity contribution in [1.29, 1.82) is 0 Å². The number of nitrogens with zero attached hydrogens (tertiary/aromatic N) is 1. The lowest BCUT2D eigenvalue weighted by molar-refractivity contribution is -0.137. The number of hydrogen-bond acceptors (Lipinski definition) is 4. The highest BCUT2D eigenvalue weighted by Crippen LogP contribution is 2.39. The van der Waals surface area contributed by atoms with Gasteiger partial charge in [-0.05, 0) is 48.8 Å². The Morgan fingerprint density at radius 2 is 1.87 bits per heavy atom. The Labute approximate surface area is 181 Å². The zero-order chi connectivity index (χ0) is 22.8. The number of amides is 1. The van der Waals surface area contributed by atoms with E-state index in [4.69, 9.17) is 0 Å². The zero-order valence-electron chi connectivity index (χ0n) is 17.8. The summed E-state index contributed by atoms with van der Waals surface area (Å²) in [5, 5.41) is 3.05. The van der Waals surface area contributed by atoms with E-state index in [1.54, 1.807) is 0 Å². The summed E-state index contributed by atoms with van der Waals surface area (Å²) in [6.45, 7) is 4.07. The molecule has 1 aliphatic carbocycles. The van der Waals surface area contributed by atoms with Crippen molar-refractivity contribution < 1.29 is 26.4 Å². The minimum atomic E-state index is -4.34. The average molecular weight is 462 g/mol. The number of rotatable bonds is 8. The van der Waals surface area contributed by atoms with Crippen LogP contribution in [0.2, 0.25) is 0 Å². The van der Waals surface area contributed by atoms with Gasteiger partial charge in [0.15, 0.2) is 0 Å². The molecular weight excluding hydrogens is 431 g/mol. The first kappa shape index (κ1) is 24.0. The monoisotopic (exact) mass is 461 g/mol. The number of alkyl halides is 3. The highest BCUT2D eigenvalue weighted by atomic mass is 32.2. The van der Waals surface area contributed by atoms with E-state index >= 15 is 0 Å². The van der Waals surface area contributed by atoms with Crippen LogP contribution in [0, 0.1) is 11.8 Å². The summed E-state index contributed by atoms with van der Waals surface area (Å²) in [6.07, 6.45) is -0.358. The minimum absolute atomic E-state index is 0.0178. The maximum absolute atomic E-state index is 12.7. The van der Waals surface area contributed by atoms with E-state index < -0.39 is 27.8 Å². The van der Waals surface area contributed by atoms with E-state index in [2.05, 4.69) is 14.9 Å². The number of fused-ring (bicyclic) bond motifs is 1. The van der Waals surface area contributed by atoms with Crippen molar-refractivity contribution in [3.8, 4) is 0 Å². The minimum Gasteiger partial charge on any atom is -0.352 e. The van der Waals surface area contributed by atoms with Crippen molar-refractivity contribution in [3.05, 3.63) is 35.4 Å². The van der Waals surface area contributed by atoms with E-state index in [0.717, 1.165) is 49.9 Å². The Balaban J connectivity index is 1.57. The molecule has 1 saturated carbocycles. The van der Waals surface area contributed by atoms with Crippen LogP contribution >= 0.6 is 0 Å². The van der Waals surface area contributed by atoms with Crippen molar-refractivity contribution in [2.24, 2.45) is 11.8 Å². The standard InChI is InChI=1S/C21H30F3N3O3S/c1-3-4-19(26-31(2,29)30)20(28)25-18-10-7-15-12-27(13-17(15)18)11-14-5-8-16(9-6-14)21(22,23)24/h5-6,8-9,15,17-19,26H,3-4,7,10-13H2,1-2H3,(H,25,28)/t15-,17+,18+,19+/m1/s1. The highest BCUT2D eigenvalue weighted by molar-refractivity contribution is 7.88. The fourth-order valence-electron chi connectivity index (χ4n) is 4.80. The number of benzene rings is 1. The first-order valence-corrected chi connectivity index (χ1v) is 12.5. The van der Waals surface area contributed by atoms with Gasteiger partial charge >= 0.3 is 6.18 Å². The Kier molecular flexibility index (Phi) is 7.32. The fourth-order valence-corrected chi connectivity index (χ4v) is 5.54. The predicted octanol–water partition coefficient (Wildman–Crippen LogP) is 2.75. The number of likely N-dealkylation sites (tertiary alicyclic amines) is 1. The van der Waals surface area contributed by atoms with Crippen molar-refractivity contribution in [2.75, 3.05) is 19.3 Å². The number of hydrogen-bond donors (Lipinski definition) is 2. The molecule has 1 heterocycles. The third-order valence-electron chi connectivity index (χ3n) is 6.20. The van der Waals surface area contributed by atoms with Gasteiger partial charge in [-0.25, -0.2) is 13.1 Å². The summed E-state index contributed by atoms with van der Waals surface area (Å²) in [4.78, 5) is 14.9. The first-order chi connectivity index (χ1) is 14.5. The molecule has 1 aromatic carbocycles. The van der Waals surface area contributed by atoms with Gasteiger partial charge in [0.05, 0.1) is 11.8 Å². The smallest absolute Gasteiger partial charge is 0.352 e. The van der Waals surface area contributed by atoms with Crippen LogP contribution in [0.25, 0.3) is 0 Å². The Bertz CT molecular complexity index is 874. The zero-order valence-corrected chi connectivity index (χ0v) is 18.6. The van der Waals surface area contributed by atoms with Gasteiger partial charge in [0, 0.05) is 25.7 Å². The van der Waals surface area contributed by atoms with Crippen molar-refractivity contribution >= 4 is 15.9 Å². The molecule has 1 amide bonds.